The highest BCUT2D eigenvalue weighted by Gasteiger charge is 2.12. The molecule has 0 radical (unpaired) electrons. The van der Waals surface area contributed by atoms with E-state index >= 15 is 0 Å². The molecule has 21 heavy (non-hydrogen) atoms. The molecule has 112 valence electrons. The summed E-state index contributed by atoms with van der Waals surface area (Å²) in [6, 6.07) is 12.8. The van der Waals surface area contributed by atoms with Crippen LogP contribution in [0.2, 0.25) is 0 Å². The van der Waals surface area contributed by atoms with Gasteiger partial charge in [-0.25, -0.2) is 0 Å². The molecule has 0 bridgehead atoms. The fourth-order valence-corrected chi connectivity index (χ4v) is 2.20. The highest BCUT2D eigenvalue weighted by molar-refractivity contribution is 5.47. The van der Waals surface area contributed by atoms with Gasteiger partial charge in [-0.2, -0.15) is 0 Å². The van der Waals surface area contributed by atoms with Gasteiger partial charge in [0, 0.05) is 6.04 Å². The van der Waals surface area contributed by atoms with E-state index in [9.17, 15) is 5.11 Å². The summed E-state index contributed by atoms with van der Waals surface area (Å²) in [5.74, 6) is 1.63. The predicted molar refractivity (Wildman–Crippen MR) is 82.8 cm³/mol. The lowest BCUT2D eigenvalue weighted by Crippen LogP contribution is -2.18. The van der Waals surface area contributed by atoms with Crippen molar-refractivity contribution in [1.29, 1.82) is 0 Å². The van der Waals surface area contributed by atoms with Crippen LogP contribution in [0.25, 0.3) is 0 Å². The number of ether oxygens (including phenoxy) is 2. The lowest BCUT2D eigenvalue weighted by Gasteiger charge is -2.16. The summed E-state index contributed by atoms with van der Waals surface area (Å²) >= 11 is 0. The van der Waals surface area contributed by atoms with Crippen LogP contribution in [0.15, 0.2) is 42.5 Å². The van der Waals surface area contributed by atoms with Gasteiger partial charge in [0.25, 0.3) is 0 Å². The van der Waals surface area contributed by atoms with Crippen molar-refractivity contribution in [3.63, 3.8) is 0 Å². The number of rotatable bonds is 6. The molecule has 0 aliphatic heterocycles. The minimum atomic E-state index is 0.0419. The van der Waals surface area contributed by atoms with Crippen molar-refractivity contribution in [2.45, 2.75) is 26.0 Å². The summed E-state index contributed by atoms with van der Waals surface area (Å²) in [6.07, 6.45) is 0.715. The van der Waals surface area contributed by atoms with Crippen LogP contribution >= 0.6 is 0 Å². The summed E-state index contributed by atoms with van der Waals surface area (Å²) in [7, 11) is 1.62. The van der Waals surface area contributed by atoms with Crippen molar-refractivity contribution in [1.82, 2.24) is 0 Å². The van der Waals surface area contributed by atoms with Gasteiger partial charge < -0.3 is 20.3 Å². The van der Waals surface area contributed by atoms with E-state index in [4.69, 9.17) is 15.2 Å². The molecule has 2 rings (SSSR count). The molecule has 0 aromatic heterocycles. The first-order chi connectivity index (χ1) is 10.1. The zero-order valence-corrected chi connectivity index (χ0v) is 12.4. The first kappa shape index (κ1) is 15.2. The Morgan fingerprint density at radius 2 is 1.95 bits per heavy atom. The molecular formula is C17H21NO3. The van der Waals surface area contributed by atoms with Gasteiger partial charge in [-0.15, -0.1) is 0 Å². The van der Waals surface area contributed by atoms with Crippen LogP contribution in [-0.4, -0.2) is 18.3 Å². The van der Waals surface area contributed by atoms with Gasteiger partial charge in [-0.3, -0.25) is 0 Å². The van der Waals surface area contributed by atoms with Crippen LogP contribution in [0.4, 0.5) is 0 Å². The molecule has 2 aromatic rings. The molecule has 4 heteroatoms. The molecule has 0 heterocycles. The van der Waals surface area contributed by atoms with E-state index in [1.807, 2.05) is 31.2 Å². The van der Waals surface area contributed by atoms with Crippen LogP contribution in [0, 0.1) is 0 Å². The van der Waals surface area contributed by atoms with E-state index in [-0.39, 0.29) is 11.8 Å². The lowest BCUT2D eigenvalue weighted by atomic mass is 10.1. The second-order valence-corrected chi connectivity index (χ2v) is 5.09. The SMILES string of the molecule is COc1cccc(CC(C)N)c1OCc1cccc(O)c1. The van der Waals surface area contributed by atoms with E-state index < -0.39 is 0 Å². The molecule has 0 saturated carbocycles. The third kappa shape index (κ3) is 4.13. The maximum absolute atomic E-state index is 9.49. The van der Waals surface area contributed by atoms with Gasteiger partial charge in [-0.05, 0) is 42.7 Å². The number of hydrogen-bond acceptors (Lipinski definition) is 4. The molecule has 0 spiro atoms. The Morgan fingerprint density at radius 3 is 2.62 bits per heavy atom. The smallest absolute Gasteiger partial charge is 0.164 e. The van der Waals surface area contributed by atoms with E-state index in [0.717, 1.165) is 11.1 Å². The summed E-state index contributed by atoms with van der Waals surface area (Å²) in [4.78, 5) is 0. The van der Waals surface area contributed by atoms with Crippen LogP contribution in [-0.2, 0) is 13.0 Å². The maximum atomic E-state index is 9.49. The minimum absolute atomic E-state index is 0.0419. The molecule has 0 amide bonds. The monoisotopic (exact) mass is 287 g/mol. The van der Waals surface area contributed by atoms with Gasteiger partial charge in [-0.1, -0.05) is 24.3 Å². The average Bonchev–Trinajstić information content (AvgIpc) is 2.45. The molecular weight excluding hydrogens is 266 g/mol. The van der Waals surface area contributed by atoms with Gasteiger partial charge in [0.05, 0.1) is 7.11 Å². The molecule has 0 saturated heterocycles. The fourth-order valence-electron chi connectivity index (χ4n) is 2.20. The minimum Gasteiger partial charge on any atom is -0.508 e. The summed E-state index contributed by atoms with van der Waals surface area (Å²) in [6.45, 7) is 2.32. The standard InChI is InChI=1S/C17H21NO3/c1-12(18)9-14-6-4-8-16(20-2)17(14)21-11-13-5-3-7-15(19)10-13/h3-8,10,12,19H,9,11,18H2,1-2H3. The van der Waals surface area contributed by atoms with Gasteiger partial charge in [0.15, 0.2) is 11.5 Å². The molecule has 1 unspecified atom stereocenters. The first-order valence-electron chi connectivity index (χ1n) is 6.92. The highest BCUT2D eigenvalue weighted by atomic mass is 16.5. The van der Waals surface area contributed by atoms with Gasteiger partial charge in [0.1, 0.15) is 12.4 Å². The van der Waals surface area contributed by atoms with Gasteiger partial charge >= 0.3 is 0 Å². The van der Waals surface area contributed by atoms with E-state index in [2.05, 4.69) is 0 Å². The summed E-state index contributed by atoms with van der Waals surface area (Å²) < 4.78 is 11.3. The topological polar surface area (TPSA) is 64.7 Å². The fraction of sp³-hybridized carbons (Fsp3) is 0.294. The zero-order chi connectivity index (χ0) is 15.2. The number of nitrogens with two attached hydrogens (primary N) is 1. The molecule has 0 aliphatic rings. The number of methoxy groups -OCH3 is 1. The Hall–Kier alpha value is -2.20. The van der Waals surface area contributed by atoms with Crippen LogP contribution in [0.3, 0.4) is 0 Å². The third-order valence-electron chi connectivity index (χ3n) is 3.12. The number of hydrogen-bond donors (Lipinski definition) is 2. The van der Waals surface area contributed by atoms with Crippen molar-refractivity contribution < 1.29 is 14.6 Å². The normalized spacial score (nSPS) is 12.0. The summed E-state index contributed by atoms with van der Waals surface area (Å²) in [5, 5.41) is 9.49. The Balaban J connectivity index is 2.21. The van der Waals surface area contributed by atoms with Crippen molar-refractivity contribution in [3.05, 3.63) is 53.6 Å². The number of phenolic OH excluding ortho intramolecular Hbond substituents is 1. The Bertz CT molecular complexity index is 596. The number of para-hydroxylation sites is 1. The summed E-state index contributed by atoms with van der Waals surface area (Å²) in [5.41, 5.74) is 7.80. The quantitative estimate of drug-likeness (QED) is 0.857. The second-order valence-electron chi connectivity index (χ2n) is 5.09. The zero-order valence-electron chi connectivity index (χ0n) is 12.4. The third-order valence-corrected chi connectivity index (χ3v) is 3.12. The van der Waals surface area contributed by atoms with E-state index in [1.165, 1.54) is 0 Å². The van der Waals surface area contributed by atoms with Crippen molar-refractivity contribution in [2.75, 3.05) is 7.11 Å². The lowest BCUT2D eigenvalue weighted by molar-refractivity contribution is 0.280. The molecule has 3 N–H and O–H groups in total. The maximum Gasteiger partial charge on any atom is 0.164 e. The molecule has 0 aliphatic carbocycles. The van der Waals surface area contributed by atoms with Gasteiger partial charge in [0.2, 0.25) is 0 Å². The molecule has 1 atom stereocenters. The number of benzene rings is 2. The average molecular weight is 287 g/mol. The van der Waals surface area contributed by atoms with E-state index in [0.29, 0.717) is 24.5 Å². The highest BCUT2D eigenvalue weighted by Crippen LogP contribution is 2.32. The largest absolute Gasteiger partial charge is 0.508 e. The van der Waals surface area contributed by atoms with Crippen LogP contribution in [0.1, 0.15) is 18.1 Å². The number of phenols is 1. The van der Waals surface area contributed by atoms with Crippen LogP contribution in [0.5, 0.6) is 17.2 Å². The Kier molecular flexibility index (Phi) is 5.06. The Labute approximate surface area is 125 Å². The van der Waals surface area contributed by atoms with E-state index in [1.54, 1.807) is 25.3 Å². The first-order valence-corrected chi connectivity index (χ1v) is 6.92. The Morgan fingerprint density at radius 1 is 1.19 bits per heavy atom. The number of aromatic hydroxyl groups is 1. The molecule has 4 nitrogen and oxygen atoms in total. The van der Waals surface area contributed by atoms with Crippen molar-refractivity contribution in [3.8, 4) is 17.2 Å². The van der Waals surface area contributed by atoms with Crippen molar-refractivity contribution in [2.24, 2.45) is 5.73 Å². The molecule has 2 aromatic carbocycles. The molecule has 0 fully saturated rings. The van der Waals surface area contributed by atoms with Crippen molar-refractivity contribution >= 4 is 0 Å². The van der Waals surface area contributed by atoms with Crippen LogP contribution < -0.4 is 15.2 Å². The predicted octanol–water partition coefficient (Wildman–Crippen LogP) is 2.87. The second kappa shape index (κ2) is 6.99.